The fourth-order valence-corrected chi connectivity index (χ4v) is 15.5. The zero-order chi connectivity index (χ0) is 92.8. The number of anilines is 2. The number of rotatable bonds is 42. The normalized spacial score (nSPS) is 21.9. The molecule has 7 heterocycles. The van der Waals surface area contributed by atoms with Crippen molar-refractivity contribution in [3.63, 3.8) is 0 Å². The van der Waals surface area contributed by atoms with Crippen molar-refractivity contribution < 1.29 is 130 Å². The number of nitrogens with one attached hydrogen (secondary N) is 8. The van der Waals surface area contributed by atoms with Crippen LogP contribution in [0, 0.1) is 30.6 Å². The fraction of sp³-hybridized carbons (Fsp3) is 0.525. The Morgan fingerprint density at radius 1 is 0.778 bits per heavy atom. The number of nitrogens with zero attached hydrogens (tertiary/aromatic N) is 5. The number of fused-ring (bicyclic) bond motifs is 5. The molecule has 4 aliphatic rings. The van der Waals surface area contributed by atoms with Crippen molar-refractivity contribution in [1.82, 2.24) is 56.8 Å². The van der Waals surface area contributed by atoms with Gasteiger partial charge in [-0.15, -0.1) is 0 Å². The number of esters is 2. The number of carboxylic acids is 5. The van der Waals surface area contributed by atoms with E-state index in [0.717, 1.165) is 23.9 Å². The number of epoxide rings is 2. The van der Waals surface area contributed by atoms with E-state index in [4.69, 9.17) is 65.0 Å². The number of methoxy groups -OCH3 is 1. The number of aliphatic carboxylic acids is 5. The number of nitrogens with two attached hydrogens (primary N) is 3. The lowest BCUT2D eigenvalue weighted by atomic mass is 9.84. The molecule has 4 aliphatic heterocycles. The Labute approximate surface area is 729 Å². The summed E-state index contributed by atoms with van der Waals surface area (Å²) in [4.78, 5) is 211. The summed E-state index contributed by atoms with van der Waals surface area (Å²) < 4.78 is 46.9. The number of aromatic amines is 1. The minimum absolute atomic E-state index is 0.00122. The number of carbonyl (C=O) groups excluding carboxylic acids is 9. The van der Waals surface area contributed by atoms with Crippen LogP contribution in [0.3, 0.4) is 0 Å². The first-order valence-corrected chi connectivity index (χ1v) is 42.3. The number of aliphatic imine (C=N–C) groups is 1. The van der Waals surface area contributed by atoms with Crippen LogP contribution >= 0.6 is 21.6 Å². The second-order valence-corrected chi connectivity index (χ2v) is 33.0. The van der Waals surface area contributed by atoms with Gasteiger partial charge >= 0.3 is 47.9 Å². The Morgan fingerprint density at radius 2 is 1.42 bits per heavy atom. The van der Waals surface area contributed by atoms with E-state index in [0.29, 0.717) is 41.6 Å². The summed E-state index contributed by atoms with van der Waals surface area (Å²) in [5, 5.41) is 63.0. The summed E-state index contributed by atoms with van der Waals surface area (Å²) in [6.45, 7) is 13.1. The van der Waals surface area contributed by atoms with Gasteiger partial charge in [-0.25, -0.2) is 29.3 Å². The molecule has 44 nitrogen and oxygen atoms in total. The minimum atomic E-state index is -1.95. The number of hydrogen-bond acceptors (Lipinski definition) is 32. The number of hydrogen-bond donors (Lipinski definition) is 16. The van der Waals surface area contributed by atoms with E-state index in [1.807, 2.05) is 76.4 Å². The molecule has 2 bridgehead atoms. The van der Waals surface area contributed by atoms with Crippen molar-refractivity contribution in [1.29, 1.82) is 0 Å². The minimum Gasteiger partial charge on any atom is -0.481 e. The van der Waals surface area contributed by atoms with E-state index in [1.165, 1.54) is 52.1 Å². The molecule has 19 N–H and O–H groups in total. The average molecular weight is 1800 g/mol. The van der Waals surface area contributed by atoms with Crippen LogP contribution < -0.4 is 60.0 Å². The molecular weight excluding hydrogens is 1700 g/mol. The number of carboxylic acid groups (broad SMARTS) is 5. The average Bonchev–Trinajstić information content (AvgIpc) is 1.59. The van der Waals surface area contributed by atoms with Crippen LogP contribution in [0.25, 0.3) is 17.2 Å². The number of aromatic nitrogens is 5. The van der Waals surface area contributed by atoms with Crippen LogP contribution in [0.4, 0.5) is 16.4 Å². The largest absolute Gasteiger partial charge is 0.508 e. The highest BCUT2D eigenvalue weighted by atomic mass is 33.1. The van der Waals surface area contributed by atoms with Gasteiger partial charge in [0.1, 0.15) is 78.8 Å². The molecule has 1 aromatic carbocycles. The van der Waals surface area contributed by atoms with Crippen molar-refractivity contribution in [3.05, 3.63) is 111 Å². The number of H-pyrrole nitrogens is 1. The summed E-state index contributed by atoms with van der Waals surface area (Å²) in [7, 11) is 5.53. The van der Waals surface area contributed by atoms with Gasteiger partial charge in [0.15, 0.2) is 29.1 Å². The van der Waals surface area contributed by atoms with E-state index in [-0.39, 0.29) is 104 Å². The monoisotopic (exact) mass is 1800 g/mol. The molecule has 0 aliphatic carbocycles. The van der Waals surface area contributed by atoms with Crippen LogP contribution in [-0.4, -0.2) is 257 Å². The number of guanidine groups is 1. The van der Waals surface area contributed by atoms with Gasteiger partial charge in [-0.2, -0.15) is 4.98 Å². The van der Waals surface area contributed by atoms with Gasteiger partial charge in [0, 0.05) is 81.5 Å². The predicted molar refractivity (Wildman–Crippen MR) is 450 cm³/mol. The molecule has 4 aromatic rings. The Morgan fingerprint density at radius 3 is 2.04 bits per heavy atom. The Hall–Kier alpha value is -12.6. The van der Waals surface area contributed by atoms with Crippen LogP contribution in [0.1, 0.15) is 140 Å². The molecule has 3 fully saturated rings. The van der Waals surface area contributed by atoms with Crippen molar-refractivity contribution in [3.8, 4) is 0 Å². The lowest BCUT2D eigenvalue weighted by Crippen LogP contribution is -2.58. The number of amides is 6. The number of allylic oxidation sites excluding steroid dienone is 4. The van der Waals surface area contributed by atoms with Crippen molar-refractivity contribution in [2.45, 2.75) is 204 Å². The summed E-state index contributed by atoms with van der Waals surface area (Å²) >= 11 is 0. The quantitative estimate of drug-likeness (QED) is 0.00348. The summed E-state index contributed by atoms with van der Waals surface area (Å²) in [5.74, 6) is -14.7. The molecule has 3 unspecified atom stereocenters. The van der Waals surface area contributed by atoms with Gasteiger partial charge in [-0.05, 0) is 100 Å². The number of oxazole rings is 1. The van der Waals surface area contributed by atoms with Crippen LogP contribution in [0.15, 0.2) is 92.5 Å². The molecule has 0 spiro atoms. The molecule has 46 heteroatoms. The van der Waals surface area contributed by atoms with E-state index in [1.54, 1.807) is 27.2 Å². The maximum Gasteiger partial charge on any atom is 0.508 e. The maximum absolute atomic E-state index is 13.8. The Balaban J connectivity index is 0.000000350. The standard InChI is InChI=1S/C42H57NO13S2.C38H49N15O15/c1-23(16-30-21-51-28(6)43-30)10-9-11-25(3)37(49-8)27(5)32-20-35(55-41(48)50-14-15-57-58-22-26(4)39(45)46)42(7)34(56-42)13-12-24(2)31-17-29(19-36(44)52-31)18-33-38(53-33)40(47)54-32;1-42-31(62)21(11-25(55)56)50-34(65)23(13-27(59)60)51-32(63)19(3-2-10-43-37(39)40)48-33(64)22(12-26(57)58)47-24(54)9-8-20(36(67)68)49-30(61)16-4-6-17(7-5-16)44-14-18-15-45-29-28(46-18)35(66)53-38(41)52-29/h9-13,16,21,24,26-27,29,31-35,37-38H,14-15,17-20,22H2,1-8H3,(H,45,46);4-7,15,19-23,44H,2-3,8-14H2,1H3,(H,42,62)(H,47,54)(H,48,64)(H,49,61)(H,50,65)(H,51,63)(H,55,56)(H,57,58)(H,59,60)(H,67,68)(H4,39,40,43)(H3,41,45,52,53,66)/b10-9+,13-12+,23-16+,25-11+;/t24-,26+,27+,29+,31?,32+,33+,34-,35+,37+,38-,42+;19?,20-,21?,22-,23-/m10/s1. The first-order valence-electron chi connectivity index (χ1n) is 39.9. The third-order valence-electron chi connectivity index (χ3n) is 20.3. The Kier molecular flexibility index (Phi) is 38.4. The molecule has 3 aromatic heterocycles. The predicted octanol–water partition coefficient (Wildman–Crippen LogP) is 2.34. The van der Waals surface area contributed by atoms with E-state index < -0.39 is 193 Å². The smallest absolute Gasteiger partial charge is 0.481 e. The van der Waals surface area contributed by atoms with Gasteiger partial charge in [0.05, 0.1) is 55.8 Å². The molecule has 0 saturated carbocycles. The SMILES string of the molecule is CNC(=O)C(CC(=O)O)NC(=O)[C@H](CC(=O)O)NC(=O)C(CCCN=C(N)N)NC(=O)[C@H](CC(=O)O)NC(=O)CC[C@H](NC(=O)c1ccc(NCc2cnc3nc(N)[nH]c(=O)c3n2)cc1)C(=O)O.CO[C@@H](/C(C)=C/C=C/C(C)=C/c1coc(C)n1)[C@@H](C)[C@@H]1C[C@H](OC(=O)OCCSSC[C@H](C)C(=O)O)[C@@]2(C)O[C@@H]2/C=C/[C@@H](C)C2C[C@H](CC(=O)O2)C[C@@H]2O[C@H]2C(=O)O1. The molecule has 8 rings (SSSR count). The summed E-state index contributed by atoms with van der Waals surface area (Å²) in [6.07, 6.45) is 6.22. The molecule has 126 heavy (non-hydrogen) atoms. The molecule has 17 atom stereocenters. The lowest BCUT2D eigenvalue weighted by Gasteiger charge is -2.33. The van der Waals surface area contributed by atoms with Gasteiger partial charge < -0.3 is 118 Å². The second kappa shape index (κ2) is 48.1. The highest BCUT2D eigenvalue weighted by Gasteiger charge is 2.60. The topological polar surface area (TPSA) is 684 Å². The fourth-order valence-electron chi connectivity index (χ4n) is 13.3. The first-order chi connectivity index (χ1) is 59.6. The number of cyclic esters (lactones) is 1. The zero-order valence-corrected chi connectivity index (χ0v) is 72.0. The van der Waals surface area contributed by atoms with Crippen molar-refractivity contribution in [2.75, 3.05) is 49.9 Å². The maximum atomic E-state index is 13.8. The Bertz CT molecular complexity index is 4810. The molecule has 3 saturated heterocycles. The number of nitrogen functional groups attached to an aromatic ring is 1. The summed E-state index contributed by atoms with van der Waals surface area (Å²) in [6, 6.07) is -3.20. The van der Waals surface area contributed by atoms with E-state index in [9.17, 15) is 87.2 Å². The van der Waals surface area contributed by atoms with Gasteiger partial charge in [0.25, 0.3) is 11.5 Å². The number of carbonyl (C=O) groups is 14. The van der Waals surface area contributed by atoms with Crippen LogP contribution in [0.5, 0.6) is 0 Å². The highest BCUT2D eigenvalue weighted by molar-refractivity contribution is 8.76. The van der Waals surface area contributed by atoms with Crippen molar-refractivity contribution in [2.24, 2.45) is 40.1 Å². The van der Waals surface area contributed by atoms with Gasteiger partial charge in [-0.1, -0.05) is 72.7 Å². The van der Waals surface area contributed by atoms with E-state index >= 15 is 0 Å². The molecular formula is C80H106N16O28S2. The van der Waals surface area contributed by atoms with Crippen LogP contribution in [0.2, 0.25) is 0 Å². The molecule has 6 amide bonds. The lowest BCUT2D eigenvalue weighted by molar-refractivity contribution is -0.159. The zero-order valence-electron chi connectivity index (χ0n) is 70.4. The van der Waals surface area contributed by atoms with Gasteiger partial charge in [-0.3, -0.25) is 67.5 Å². The number of benzene rings is 1. The number of aryl methyl sites for hydroxylation is 1. The van der Waals surface area contributed by atoms with Gasteiger partial charge in [0.2, 0.25) is 35.5 Å². The summed E-state index contributed by atoms with van der Waals surface area (Å²) in [5.41, 5.74) is 18.1. The molecule has 0 radical (unpaired) electrons. The molecule has 686 valence electrons. The second-order valence-electron chi connectivity index (χ2n) is 30.3. The highest BCUT2D eigenvalue weighted by Crippen LogP contribution is 2.46. The third kappa shape index (κ3) is 32.2. The first kappa shape index (κ1) is 101. The number of likely N-dealkylation sites (N-methyl/N-ethyl adjacent to an activating group) is 1. The number of ether oxygens (including phenoxy) is 7. The van der Waals surface area contributed by atoms with Crippen molar-refractivity contribution >= 4 is 140 Å². The van der Waals surface area contributed by atoms with Crippen LogP contribution in [-0.2, 0) is 97.2 Å². The third-order valence-corrected chi connectivity index (χ3v) is 22.8. The van der Waals surface area contributed by atoms with E-state index in [2.05, 4.69) is 61.8 Å².